The topological polar surface area (TPSA) is 51.2 Å². The highest BCUT2D eigenvalue weighted by atomic mass is 16.5. The van der Waals surface area contributed by atoms with Gasteiger partial charge in [-0.3, -0.25) is 9.78 Å². The van der Waals surface area contributed by atoms with Gasteiger partial charge in [0.1, 0.15) is 5.75 Å². The zero-order chi connectivity index (χ0) is 13.9. The number of amides is 1. The third-order valence-electron chi connectivity index (χ3n) is 3.40. The second-order valence-electron chi connectivity index (χ2n) is 5.20. The van der Waals surface area contributed by atoms with Crippen molar-refractivity contribution in [2.24, 2.45) is 0 Å². The van der Waals surface area contributed by atoms with Gasteiger partial charge in [0, 0.05) is 25.1 Å². The molecular formula is C16H18N2O2. The van der Waals surface area contributed by atoms with Crippen molar-refractivity contribution in [3.63, 3.8) is 0 Å². The number of nitrogens with zero attached hydrogens (tertiary/aromatic N) is 1. The molecule has 0 spiro atoms. The molecule has 1 aromatic carbocycles. The highest BCUT2D eigenvalue weighted by Gasteiger charge is 2.23. The summed E-state index contributed by atoms with van der Waals surface area (Å²) in [6, 6.07) is 8.04. The predicted molar refractivity (Wildman–Crippen MR) is 77.8 cm³/mol. The van der Waals surface area contributed by atoms with Gasteiger partial charge in [-0.15, -0.1) is 0 Å². The summed E-state index contributed by atoms with van der Waals surface area (Å²) >= 11 is 0. The Hall–Kier alpha value is -2.10. The summed E-state index contributed by atoms with van der Waals surface area (Å²) < 4.78 is 5.83. The summed E-state index contributed by atoms with van der Waals surface area (Å²) in [6.07, 6.45) is 5.31. The Morgan fingerprint density at radius 3 is 3.00 bits per heavy atom. The van der Waals surface area contributed by atoms with Crippen LogP contribution in [0.15, 0.2) is 30.5 Å². The Balaban J connectivity index is 1.83. The third kappa shape index (κ3) is 3.07. The number of benzene rings is 1. The largest absolute Gasteiger partial charge is 0.490 e. The standard InChI is InChI=1S/C16H18N2O2/c1-11(19)17-8-6-12-7-9-18-16-5-4-14(10-15(12)16)20-13-2-3-13/h4-5,7,9-10,13H,2-3,6,8H2,1H3,(H,17,19). The number of carbonyl (C=O) groups excluding carboxylic acids is 1. The average molecular weight is 270 g/mol. The second kappa shape index (κ2) is 5.49. The molecule has 1 aromatic heterocycles. The Bertz CT molecular complexity index is 635. The summed E-state index contributed by atoms with van der Waals surface area (Å²) in [5, 5.41) is 3.93. The number of ether oxygens (including phenoxy) is 1. The van der Waals surface area contributed by atoms with E-state index in [2.05, 4.69) is 16.4 Å². The monoisotopic (exact) mass is 270 g/mol. The van der Waals surface area contributed by atoms with E-state index >= 15 is 0 Å². The molecule has 1 fully saturated rings. The molecule has 0 saturated heterocycles. The summed E-state index contributed by atoms with van der Waals surface area (Å²) in [5.41, 5.74) is 2.15. The molecular weight excluding hydrogens is 252 g/mol. The molecule has 1 saturated carbocycles. The maximum absolute atomic E-state index is 10.9. The van der Waals surface area contributed by atoms with Crippen LogP contribution in [0.25, 0.3) is 10.9 Å². The van der Waals surface area contributed by atoms with E-state index in [1.807, 2.05) is 24.4 Å². The van der Waals surface area contributed by atoms with Crippen molar-refractivity contribution in [3.8, 4) is 5.75 Å². The van der Waals surface area contributed by atoms with Crippen LogP contribution < -0.4 is 10.1 Å². The fourth-order valence-corrected chi connectivity index (χ4v) is 2.23. The van der Waals surface area contributed by atoms with Gasteiger partial charge in [-0.05, 0) is 49.1 Å². The summed E-state index contributed by atoms with van der Waals surface area (Å²) in [5.74, 6) is 0.912. The van der Waals surface area contributed by atoms with Gasteiger partial charge in [0.2, 0.25) is 5.91 Å². The van der Waals surface area contributed by atoms with Crippen LogP contribution in [0.5, 0.6) is 5.75 Å². The Labute approximate surface area is 118 Å². The fourth-order valence-electron chi connectivity index (χ4n) is 2.23. The van der Waals surface area contributed by atoms with E-state index < -0.39 is 0 Å². The van der Waals surface area contributed by atoms with Crippen LogP contribution >= 0.6 is 0 Å². The van der Waals surface area contributed by atoms with E-state index in [4.69, 9.17) is 4.74 Å². The van der Waals surface area contributed by atoms with Gasteiger partial charge in [-0.25, -0.2) is 0 Å². The van der Waals surface area contributed by atoms with Crippen LogP contribution in [0, 0.1) is 0 Å². The fraction of sp³-hybridized carbons (Fsp3) is 0.375. The number of carbonyl (C=O) groups is 1. The van der Waals surface area contributed by atoms with Crippen LogP contribution in [0.1, 0.15) is 25.3 Å². The molecule has 4 heteroatoms. The highest BCUT2D eigenvalue weighted by Crippen LogP contribution is 2.29. The lowest BCUT2D eigenvalue weighted by Gasteiger charge is -2.09. The molecule has 3 rings (SSSR count). The Morgan fingerprint density at radius 2 is 2.25 bits per heavy atom. The number of nitrogens with one attached hydrogen (secondary N) is 1. The van der Waals surface area contributed by atoms with Gasteiger partial charge in [0.05, 0.1) is 11.6 Å². The van der Waals surface area contributed by atoms with Crippen molar-refractivity contribution in [1.82, 2.24) is 10.3 Å². The molecule has 0 aliphatic heterocycles. The minimum atomic E-state index is 0.00103. The van der Waals surface area contributed by atoms with Crippen molar-refractivity contribution < 1.29 is 9.53 Å². The SMILES string of the molecule is CC(=O)NCCc1ccnc2ccc(OC3CC3)cc12. The zero-order valence-corrected chi connectivity index (χ0v) is 11.6. The van der Waals surface area contributed by atoms with Gasteiger partial charge in [-0.1, -0.05) is 0 Å². The minimum Gasteiger partial charge on any atom is -0.490 e. The molecule has 1 aliphatic carbocycles. The smallest absolute Gasteiger partial charge is 0.216 e. The number of hydrogen-bond acceptors (Lipinski definition) is 3. The molecule has 104 valence electrons. The van der Waals surface area contributed by atoms with E-state index in [0.717, 1.165) is 35.9 Å². The van der Waals surface area contributed by atoms with Crippen LogP contribution in [-0.2, 0) is 11.2 Å². The lowest BCUT2D eigenvalue weighted by molar-refractivity contribution is -0.118. The maximum Gasteiger partial charge on any atom is 0.216 e. The molecule has 1 N–H and O–H groups in total. The molecule has 2 aromatic rings. The van der Waals surface area contributed by atoms with E-state index in [-0.39, 0.29) is 5.91 Å². The number of aromatic nitrogens is 1. The molecule has 0 atom stereocenters. The van der Waals surface area contributed by atoms with Crippen molar-refractivity contribution >= 4 is 16.8 Å². The number of pyridine rings is 1. The summed E-state index contributed by atoms with van der Waals surface area (Å²) in [7, 11) is 0. The van der Waals surface area contributed by atoms with Gasteiger partial charge in [-0.2, -0.15) is 0 Å². The molecule has 0 radical (unpaired) electrons. The van der Waals surface area contributed by atoms with Crippen molar-refractivity contribution in [2.45, 2.75) is 32.3 Å². The molecule has 4 nitrogen and oxygen atoms in total. The number of hydrogen-bond donors (Lipinski definition) is 1. The normalized spacial score (nSPS) is 14.2. The van der Waals surface area contributed by atoms with Crippen LogP contribution in [0.4, 0.5) is 0 Å². The molecule has 1 amide bonds. The minimum absolute atomic E-state index is 0.00103. The second-order valence-corrected chi connectivity index (χ2v) is 5.20. The first kappa shape index (κ1) is 12.9. The Kier molecular flexibility index (Phi) is 3.54. The van der Waals surface area contributed by atoms with E-state index in [9.17, 15) is 4.79 Å². The average Bonchev–Trinajstić information content (AvgIpc) is 3.23. The first-order chi connectivity index (χ1) is 9.72. The van der Waals surface area contributed by atoms with Crippen molar-refractivity contribution in [3.05, 3.63) is 36.0 Å². The lowest BCUT2D eigenvalue weighted by atomic mass is 10.1. The number of rotatable bonds is 5. The molecule has 0 unspecified atom stereocenters. The number of fused-ring (bicyclic) bond motifs is 1. The van der Waals surface area contributed by atoms with E-state index in [1.54, 1.807) is 0 Å². The zero-order valence-electron chi connectivity index (χ0n) is 11.6. The van der Waals surface area contributed by atoms with Crippen LogP contribution in [0.2, 0.25) is 0 Å². The first-order valence-corrected chi connectivity index (χ1v) is 7.01. The van der Waals surface area contributed by atoms with E-state index in [0.29, 0.717) is 12.6 Å². The summed E-state index contributed by atoms with van der Waals surface area (Å²) in [6.45, 7) is 2.17. The highest BCUT2D eigenvalue weighted by molar-refractivity contribution is 5.83. The van der Waals surface area contributed by atoms with Crippen molar-refractivity contribution in [2.75, 3.05) is 6.54 Å². The maximum atomic E-state index is 10.9. The van der Waals surface area contributed by atoms with Crippen LogP contribution in [-0.4, -0.2) is 23.5 Å². The van der Waals surface area contributed by atoms with Gasteiger partial charge >= 0.3 is 0 Å². The Morgan fingerprint density at radius 1 is 1.40 bits per heavy atom. The third-order valence-corrected chi connectivity index (χ3v) is 3.40. The molecule has 1 heterocycles. The van der Waals surface area contributed by atoms with Gasteiger partial charge < -0.3 is 10.1 Å². The van der Waals surface area contributed by atoms with Gasteiger partial charge in [0.15, 0.2) is 0 Å². The quantitative estimate of drug-likeness (QED) is 0.908. The summed E-state index contributed by atoms with van der Waals surface area (Å²) in [4.78, 5) is 15.3. The predicted octanol–water partition coefficient (Wildman–Crippen LogP) is 2.45. The molecule has 1 aliphatic rings. The molecule has 0 bridgehead atoms. The van der Waals surface area contributed by atoms with Crippen LogP contribution in [0.3, 0.4) is 0 Å². The first-order valence-electron chi connectivity index (χ1n) is 7.01. The van der Waals surface area contributed by atoms with Crippen molar-refractivity contribution in [1.29, 1.82) is 0 Å². The molecule has 20 heavy (non-hydrogen) atoms. The lowest BCUT2D eigenvalue weighted by Crippen LogP contribution is -2.22. The van der Waals surface area contributed by atoms with E-state index in [1.165, 1.54) is 12.5 Å². The van der Waals surface area contributed by atoms with Gasteiger partial charge in [0.25, 0.3) is 0 Å².